The molecule has 100 valence electrons. The third-order valence-corrected chi connectivity index (χ3v) is 4.77. The Hall–Kier alpha value is -0.680. The molecule has 18 heavy (non-hydrogen) atoms. The number of nitrogens with two attached hydrogens (primary N) is 1. The van der Waals surface area contributed by atoms with Crippen LogP contribution in [0.15, 0.2) is 27.6 Å². The second-order valence-corrected chi connectivity index (χ2v) is 6.20. The highest BCUT2D eigenvalue weighted by Crippen LogP contribution is 2.32. The summed E-state index contributed by atoms with van der Waals surface area (Å²) in [7, 11) is 0. The summed E-state index contributed by atoms with van der Waals surface area (Å²) in [5.41, 5.74) is 6.41. The van der Waals surface area contributed by atoms with E-state index in [4.69, 9.17) is 5.73 Å². The molecule has 0 fully saturated rings. The normalized spacial score (nSPS) is 12.2. The Labute approximate surface area is 121 Å². The molecule has 0 aliphatic carbocycles. The number of nitrogens with zero attached hydrogens (tertiary/aromatic N) is 1. The van der Waals surface area contributed by atoms with Crippen molar-refractivity contribution in [1.82, 2.24) is 4.90 Å². The number of benzene rings is 1. The Morgan fingerprint density at radius 1 is 1.44 bits per heavy atom. The van der Waals surface area contributed by atoms with Gasteiger partial charge in [0.2, 0.25) is 5.91 Å². The first-order valence-electron chi connectivity index (χ1n) is 6.00. The number of halogens is 1. The molecule has 2 N–H and O–H groups in total. The van der Waals surface area contributed by atoms with Crippen LogP contribution >= 0.6 is 27.7 Å². The number of amides is 1. The Morgan fingerprint density at radius 2 is 2.06 bits per heavy atom. The van der Waals surface area contributed by atoms with Crippen molar-refractivity contribution in [2.75, 3.05) is 18.8 Å². The van der Waals surface area contributed by atoms with Crippen molar-refractivity contribution in [3.8, 4) is 0 Å². The summed E-state index contributed by atoms with van der Waals surface area (Å²) >= 11 is 5.02. The van der Waals surface area contributed by atoms with Gasteiger partial charge in [0.05, 0.1) is 5.25 Å². The molecule has 0 spiro atoms. The van der Waals surface area contributed by atoms with E-state index in [1.54, 1.807) is 11.8 Å². The summed E-state index contributed by atoms with van der Waals surface area (Å²) < 4.78 is 0.937. The van der Waals surface area contributed by atoms with Crippen molar-refractivity contribution in [3.63, 3.8) is 0 Å². The van der Waals surface area contributed by atoms with Crippen molar-refractivity contribution in [1.29, 1.82) is 0 Å². The molecule has 5 heteroatoms. The monoisotopic (exact) mass is 330 g/mol. The number of hydrogen-bond donors (Lipinski definition) is 1. The van der Waals surface area contributed by atoms with Crippen LogP contribution in [-0.4, -0.2) is 29.1 Å². The van der Waals surface area contributed by atoms with Crippen LogP contribution in [0.5, 0.6) is 0 Å². The molecule has 0 aliphatic heterocycles. The second kappa shape index (κ2) is 7.04. The van der Waals surface area contributed by atoms with Crippen molar-refractivity contribution in [2.24, 2.45) is 0 Å². The smallest absolute Gasteiger partial charge is 0.235 e. The summed E-state index contributed by atoms with van der Waals surface area (Å²) in [5.74, 6) is 0.175. The molecule has 3 nitrogen and oxygen atoms in total. The average molecular weight is 331 g/mol. The topological polar surface area (TPSA) is 46.3 Å². The van der Waals surface area contributed by atoms with Crippen LogP contribution in [-0.2, 0) is 4.79 Å². The molecule has 1 unspecified atom stereocenters. The number of anilines is 1. The molecule has 1 aromatic carbocycles. The molecule has 0 aliphatic rings. The Morgan fingerprint density at radius 3 is 2.56 bits per heavy atom. The van der Waals surface area contributed by atoms with Gasteiger partial charge < -0.3 is 10.6 Å². The van der Waals surface area contributed by atoms with E-state index in [9.17, 15) is 4.79 Å². The zero-order chi connectivity index (χ0) is 13.7. The van der Waals surface area contributed by atoms with Crippen LogP contribution in [0.4, 0.5) is 5.69 Å². The van der Waals surface area contributed by atoms with Crippen LogP contribution < -0.4 is 5.73 Å². The van der Waals surface area contributed by atoms with Crippen LogP contribution in [0.25, 0.3) is 0 Å². The first-order chi connectivity index (χ1) is 8.49. The third kappa shape index (κ3) is 3.92. The minimum Gasteiger partial charge on any atom is -0.399 e. The van der Waals surface area contributed by atoms with Gasteiger partial charge in [0.15, 0.2) is 0 Å². The minimum atomic E-state index is -0.0928. The lowest BCUT2D eigenvalue weighted by Crippen LogP contribution is -2.36. The molecule has 0 saturated heterocycles. The van der Waals surface area contributed by atoms with E-state index in [1.165, 1.54) is 0 Å². The summed E-state index contributed by atoms with van der Waals surface area (Å²) in [6, 6.07) is 5.65. The molecule has 0 bridgehead atoms. The Kier molecular flexibility index (Phi) is 6.02. The number of nitrogen functional groups attached to an aromatic ring is 1. The summed E-state index contributed by atoms with van der Waals surface area (Å²) in [5, 5.41) is -0.0928. The molecule has 0 saturated carbocycles. The molecular weight excluding hydrogens is 312 g/mol. The number of hydrogen-bond acceptors (Lipinski definition) is 3. The lowest BCUT2D eigenvalue weighted by molar-refractivity contribution is -0.129. The number of rotatable bonds is 5. The number of thioether (sulfide) groups is 1. The van der Waals surface area contributed by atoms with Gasteiger partial charge in [-0.2, -0.15) is 0 Å². The van der Waals surface area contributed by atoms with E-state index in [1.807, 2.05) is 43.9 Å². The molecular formula is C13H19BrN2OS. The predicted molar refractivity (Wildman–Crippen MR) is 81.8 cm³/mol. The van der Waals surface area contributed by atoms with Crippen molar-refractivity contribution < 1.29 is 4.79 Å². The van der Waals surface area contributed by atoms with Crippen molar-refractivity contribution >= 4 is 39.3 Å². The maximum absolute atomic E-state index is 12.2. The maximum Gasteiger partial charge on any atom is 0.235 e. The average Bonchev–Trinajstić information content (AvgIpc) is 2.34. The minimum absolute atomic E-state index is 0.0928. The van der Waals surface area contributed by atoms with E-state index in [2.05, 4.69) is 15.9 Å². The van der Waals surface area contributed by atoms with Gasteiger partial charge in [-0.15, -0.1) is 11.8 Å². The fraction of sp³-hybridized carbons (Fsp3) is 0.462. The number of carbonyl (C=O) groups is 1. The highest BCUT2D eigenvalue weighted by molar-refractivity contribution is 9.10. The van der Waals surface area contributed by atoms with Gasteiger partial charge in [-0.25, -0.2) is 0 Å². The molecule has 0 radical (unpaired) electrons. The van der Waals surface area contributed by atoms with Gasteiger partial charge in [0.25, 0.3) is 0 Å². The maximum atomic E-state index is 12.2. The first kappa shape index (κ1) is 15.4. The van der Waals surface area contributed by atoms with Gasteiger partial charge in [-0.1, -0.05) is 0 Å². The van der Waals surface area contributed by atoms with Gasteiger partial charge >= 0.3 is 0 Å². The zero-order valence-corrected chi connectivity index (χ0v) is 13.3. The summed E-state index contributed by atoms with van der Waals surface area (Å²) in [4.78, 5) is 15.0. The number of carbonyl (C=O) groups excluding carboxylic acids is 1. The zero-order valence-electron chi connectivity index (χ0n) is 10.9. The predicted octanol–water partition coefficient (Wildman–Crippen LogP) is 3.38. The van der Waals surface area contributed by atoms with E-state index in [0.717, 1.165) is 22.5 Å². The molecule has 0 aromatic heterocycles. The fourth-order valence-corrected chi connectivity index (χ4v) is 3.27. The fourth-order valence-electron chi connectivity index (χ4n) is 1.65. The largest absolute Gasteiger partial charge is 0.399 e. The standard InChI is InChI=1S/C13H19BrN2OS/c1-4-16(5-2)13(17)9(3)18-12-7-6-10(15)8-11(12)14/h6-9H,4-5,15H2,1-3H3. The molecule has 1 aromatic rings. The van der Waals surface area contributed by atoms with E-state index in [0.29, 0.717) is 5.69 Å². The van der Waals surface area contributed by atoms with Crippen molar-refractivity contribution in [3.05, 3.63) is 22.7 Å². The van der Waals surface area contributed by atoms with Crippen LogP contribution in [0, 0.1) is 0 Å². The van der Waals surface area contributed by atoms with Gasteiger partial charge in [0.1, 0.15) is 0 Å². The highest BCUT2D eigenvalue weighted by atomic mass is 79.9. The summed E-state index contributed by atoms with van der Waals surface area (Å²) in [6.07, 6.45) is 0. The van der Waals surface area contributed by atoms with Gasteiger partial charge in [-0.05, 0) is 54.9 Å². The van der Waals surface area contributed by atoms with Crippen LogP contribution in [0.2, 0.25) is 0 Å². The lowest BCUT2D eigenvalue weighted by Gasteiger charge is -2.22. The molecule has 1 rings (SSSR count). The SMILES string of the molecule is CCN(CC)C(=O)C(C)Sc1ccc(N)cc1Br. The third-order valence-electron chi connectivity index (χ3n) is 2.68. The van der Waals surface area contributed by atoms with E-state index >= 15 is 0 Å². The Bertz CT molecular complexity index is 421. The summed E-state index contributed by atoms with van der Waals surface area (Å²) in [6.45, 7) is 7.44. The first-order valence-corrected chi connectivity index (χ1v) is 7.67. The van der Waals surface area contributed by atoms with Gasteiger partial charge in [0, 0.05) is 28.1 Å². The lowest BCUT2D eigenvalue weighted by atomic mass is 10.3. The van der Waals surface area contributed by atoms with Crippen LogP contribution in [0.3, 0.4) is 0 Å². The second-order valence-electron chi connectivity index (χ2n) is 3.96. The Balaban J connectivity index is 2.75. The van der Waals surface area contributed by atoms with E-state index < -0.39 is 0 Å². The van der Waals surface area contributed by atoms with E-state index in [-0.39, 0.29) is 11.2 Å². The highest BCUT2D eigenvalue weighted by Gasteiger charge is 2.19. The van der Waals surface area contributed by atoms with Gasteiger partial charge in [-0.3, -0.25) is 4.79 Å². The molecule has 1 amide bonds. The van der Waals surface area contributed by atoms with Crippen molar-refractivity contribution in [2.45, 2.75) is 30.9 Å². The molecule has 1 atom stereocenters. The molecule has 0 heterocycles. The quantitative estimate of drug-likeness (QED) is 0.665. The van der Waals surface area contributed by atoms with Crippen LogP contribution in [0.1, 0.15) is 20.8 Å².